The van der Waals surface area contributed by atoms with Gasteiger partial charge >= 0.3 is 0 Å². The highest BCUT2D eigenvalue weighted by molar-refractivity contribution is 6.02. The number of fused-ring (bicyclic) bond motifs is 1. The van der Waals surface area contributed by atoms with Crippen molar-refractivity contribution in [3.8, 4) is 11.5 Å². The first-order valence-electron chi connectivity index (χ1n) is 9.34. The average Bonchev–Trinajstić information content (AvgIpc) is 3.15. The van der Waals surface area contributed by atoms with Gasteiger partial charge in [-0.05, 0) is 50.2 Å². The third-order valence-corrected chi connectivity index (χ3v) is 4.63. The number of benzene rings is 2. The minimum absolute atomic E-state index is 0.0750. The molecule has 0 radical (unpaired) electrons. The van der Waals surface area contributed by atoms with Crippen LogP contribution in [-0.4, -0.2) is 38.2 Å². The smallest absolute Gasteiger partial charge is 0.244 e. The van der Waals surface area contributed by atoms with Crippen LogP contribution in [0.5, 0.6) is 11.5 Å². The Morgan fingerprint density at radius 3 is 2.25 bits per heavy atom. The summed E-state index contributed by atoms with van der Waals surface area (Å²) in [4.78, 5) is 28.3. The molecule has 28 heavy (non-hydrogen) atoms. The number of anilines is 3. The fraction of sp³-hybridized carbons (Fsp3) is 0.333. The Labute approximate surface area is 164 Å². The van der Waals surface area contributed by atoms with Crippen LogP contribution in [0.4, 0.5) is 17.1 Å². The van der Waals surface area contributed by atoms with E-state index in [0.717, 1.165) is 18.8 Å². The van der Waals surface area contributed by atoms with E-state index in [4.69, 9.17) is 9.47 Å². The lowest BCUT2D eigenvalue weighted by atomic mass is 10.2. The van der Waals surface area contributed by atoms with Crippen LogP contribution in [0, 0.1) is 0 Å². The Kier molecular flexibility index (Phi) is 6.03. The van der Waals surface area contributed by atoms with Crippen molar-refractivity contribution >= 4 is 28.9 Å². The Morgan fingerprint density at radius 2 is 1.61 bits per heavy atom. The fourth-order valence-corrected chi connectivity index (χ4v) is 3.13. The number of nitrogens with zero attached hydrogens (tertiary/aromatic N) is 2. The van der Waals surface area contributed by atoms with Gasteiger partial charge in [-0.1, -0.05) is 0 Å². The summed E-state index contributed by atoms with van der Waals surface area (Å²) in [6, 6.07) is 12.8. The van der Waals surface area contributed by atoms with Crippen LogP contribution in [0.2, 0.25) is 0 Å². The van der Waals surface area contributed by atoms with Gasteiger partial charge in [-0.3, -0.25) is 9.59 Å². The molecule has 7 nitrogen and oxygen atoms in total. The molecule has 0 atom stereocenters. The van der Waals surface area contributed by atoms with Gasteiger partial charge in [-0.15, -0.1) is 0 Å². The molecule has 0 spiro atoms. The highest BCUT2D eigenvalue weighted by Gasteiger charge is 2.18. The molecule has 0 saturated carbocycles. The summed E-state index contributed by atoms with van der Waals surface area (Å²) in [6.45, 7) is 7.56. The van der Waals surface area contributed by atoms with E-state index >= 15 is 0 Å². The summed E-state index contributed by atoms with van der Waals surface area (Å²) in [6.07, 6.45) is 0. The van der Waals surface area contributed by atoms with E-state index in [1.165, 1.54) is 11.8 Å². The molecule has 2 aromatic carbocycles. The Morgan fingerprint density at radius 1 is 0.964 bits per heavy atom. The molecule has 0 fully saturated rings. The molecule has 0 saturated heterocycles. The van der Waals surface area contributed by atoms with Crippen molar-refractivity contribution in [1.29, 1.82) is 0 Å². The molecule has 7 heteroatoms. The maximum Gasteiger partial charge on any atom is 0.244 e. The second-order valence-corrected chi connectivity index (χ2v) is 6.41. The molecular formula is C21H25N3O4. The largest absolute Gasteiger partial charge is 0.454 e. The third-order valence-electron chi connectivity index (χ3n) is 4.63. The quantitative estimate of drug-likeness (QED) is 0.795. The molecule has 1 aliphatic heterocycles. The molecule has 0 bridgehead atoms. The van der Waals surface area contributed by atoms with Crippen LogP contribution in [0.3, 0.4) is 0 Å². The van der Waals surface area contributed by atoms with Crippen LogP contribution in [-0.2, 0) is 9.59 Å². The van der Waals surface area contributed by atoms with Crippen LogP contribution >= 0.6 is 0 Å². The zero-order chi connectivity index (χ0) is 20.1. The number of carbonyl (C=O) groups is 2. The molecule has 148 valence electrons. The number of ether oxygens (including phenoxy) is 2. The molecule has 3 rings (SSSR count). The van der Waals surface area contributed by atoms with Gasteiger partial charge in [0.2, 0.25) is 18.6 Å². The van der Waals surface area contributed by atoms with Gasteiger partial charge in [-0.2, -0.15) is 0 Å². The van der Waals surface area contributed by atoms with Crippen molar-refractivity contribution in [2.45, 2.75) is 20.8 Å². The van der Waals surface area contributed by atoms with Gasteiger partial charge in [0, 0.05) is 43.1 Å². The Balaban J connectivity index is 1.68. The normalized spacial score (nSPS) is 11.8. The van der Waals surface area contributed by atoms with Gasteiger partial charge in [0.25, 0.3) is 0 Å². The van der Waals surface area contributed by atoms with E-state index < -0.39 is 0 Å². The molecule has 2 amide bonds. The van der Waals surface area contributed by atoms with E-state index in [2.05, 4.69) is 24.1 Å². The van der Waals surface area contributed by atoms with Crippen LogP contribution in [0.25, 0.3) is 0 Å². The number of hydrogen-bond acceptors (Lipinski definition) is 5. The van der Waals surface area contributed by atoms with Crippen LogP contribution in [0.1, 0.15) is 20.8 Å². The highest BCUT2D eigenvalue weighted by Crippen LogP contribution is 2.34. The first-order valence-corrected chi connectivity index (χ1v) is 9.34. The summed E-state index contributed by atoms with van der Waals surface area (Å²) in [5.41, 5.74) is 2.36. The predicted octanol–water partition coefficient (Wildman–Crippen LogP) is 3.25. The lowest BCUT2D eigenvalue weighted by Crippen LogP contribution is -2.36. The van der Waals surface area contributed by atoms with Gasteiger partial charge in [0.05, 0.1) is 0 Å². The Bertz CT molecular complexity index is 847. The summed E-state index contributed by atoms with van der Waals surface area (Å²) in [5, 5.41) is 2.80. The van der Waals surface area contributed by atoms with Crippen molar-refractivity contribution in [2.75, 3.05) is 41.5 Å². The first-order chi connectivity index (χ1) is 13.5. The van der Waals surface area contributed by atoms with Gasteiger partial charge in [0.1, 0.15) is 6.54 Å². The van der Waals surface area contributed by atoms with Crippen molar-refractivity contribution in [1.82, 2.24) is 0 Å². The van der Waals surface area contributed by atoms with Crippen molar-refractivity contribution in [3.63, 3.8) is 0 Å². The highest BCUT2D eigenvalue weighted by atomic mass is 16.7. The average molecular weight is 383 g/mol. The molecule has 2 aromatic rings. The SMILES string of the molecule is CCN(CC)c1ccc(N(CC(=O)Nc2ccc3c(c2)OCO3)C(C)=O)cc1. The molecule has 1 aliphatic rings. The number of hydrogen-bond donors (Lipinski definition) is 1. The van der Waals surface area contributed by atoms with Crippen molar-refractivity contribution < 1.29 is 19.1 Å². The van der Waals surface area contributed by atoms with Gasteiger partial charge < -0.3 is 24.6 Å². The fourth-order valence-electron chi connectivity index (χ4n) is 3.13. The number of amides is 2. The van der Waals surface area contributed by atoms with Crippen molar-refractivity contribution in [3.05, 3.63) is 42.5 Å². The number of carbonyl (C=O) groups excluding carboxylic acids is 2. The van der Waals surface area contributed by atoms with Crippen LogP contribution < -0.4 is 24.6 Å². The van der Waals surface area contributed by atoms with E-state index in [0.29, 0.717) is 22.9 Å². The summed E-state index contributed by atoms with van der Waals surface area (Å²) >= 11 is 0. The standard InChI is InChI=1S/C21H25N3O4/c1-4-23(5-2)17-7-9-18(10-8-17)24(15(3)25)13-21(26)22-16-6-11-19-20(12-16)28-14-27-19/h6-12H,4-5,13-14H2,1-3H3,(H,22,26). The molecule has 0 aromatic heterocycles. The minimum atomic E-state index is -0.290. The zero-order valence-corrected chi connectivity index (χ0v) is 16.4. The first kappa shape index (κ1) is 19.5. The van der Waals surface area contributed by atoms with E-state index in [-0.39, 0.29) is 25.2 Å². The van der Waals surface area contributed by atoms with Crippen LogP contribution in [0.15, 0.2) is 42.5 Å². The van der Waals surface area contributed by atoms with E-state index in [1.807, 2.05) is 24.3 Å². The number of nitrogens with one attached hydrogen (secondary N) is 1. The molecule has 1 N–H and O–H groups in total. The van der Waals surface area contributed by atoms with E-state index in [9.17, 15) is 9.59 Å². The molecule has 0 aliphatic carbocycles. The molecular weight excluding hydrogens is 358 g/mol. The maximum atomic E-state index is 12.5. The van der Waals surface area contributed by atoms with Gasteiger partial charge in [0.15, 0.2) is 11.5 Å². The molecule has 1 heterocycles. The lowest BCUT2D eigenvalue weighted by Gasteiger charge is -2.24. The topological polar surface area (TPSA) is 71.1 Å². The lowest BCUT2D eigenvalue weighted by molar-refractivity contribution is -0.120. The maximum absolute atomic E-state index is 12.5. The third kappa shape index (κ3) is 4.36. The predicted molar refractivity (Wildman–Crippen MR) is 109 cm³/mol. The number of rotatable bonds is 7. The van der Waals surface area contributed by atoms with Gasteiger partial charge in [-0.25, -0.2) is 0 Å². The summed E-state index contributed by atoms with van der Waals surface area (Å²) in [7, 11) is 0. The van der Waals surface area contributed by atoms with E-state index in [1.54, 1.807) is 18.2 Å². The minimum Gasteiger partial charge on any atom is -0.454 e. The molecule has 0 unspecified atom stereocenters. The zero-order valence-electron chi connectivity index (χ0n) is 16.4. The van der Waals surface area contributed by atoms with Crippen molar-refractivity contribution in [2.24, 2.45) is 0 Å². The monoisotopic (exact) mass is 383 g/mol. The summed E-state index contributed by atoms with van der Waals surface area (Å²) in [5.74, 6) is 0.753. The second-order valence-electron chi connectivity index (χ2n) is 6.41. The Hall–Kier alpha value is -3.22. The second kappa shape index (κ2) is 8.65. The summed E-state index contributed by atoms with van der Waals surface area (Å²) < 4.78 is 10.6.